The fraction of sp³-hybridized carbons (Fsp3) is 0.400. The van der Waals surface area contributed by atoms with Gasteiger partial charge >= 0.3 is 0 Å². The Labute approximate surface area is 194 Å². The molecule has 0 saturated carbocycles. The van der Waals surface area contributed by atoms with Gasteiger partial charge in [-0.3, -0.25) is 4.90 Å². The number of rotatable bonds is 4. The minimum Gasteiger partial charge on any atom is -0.370 e. The molecule has 2 aliphatic heterocycles. The SMILES string of the molecule is Clc1cccc(-n2nc(C3CCCCN3Cc3ccccc3)c3c2NCCCC3)c1Cl. The van der Waals surface area contributed by atoms with Crippen LogP contribution in [0, 0.1) is 0 Å². The molecular formula is C25H28Cl2N4. The molecule has 0 bridgehead atoms. The Morgan fingerprint density at radius 2 is 1.84 bits per heavy atom. The molecule has 2 aliphatic rings. The number of likely N-dealkylation sites (tertiary alicyclic amines) is 1. The number of fused-ring (bicyclic) bond motifs is 1. The van der Waals surface area contributed by atoms with Crippen molar-refractivity contribution < 1.29 is 0 Å². The third-order valence-electron chi connectivity index (χ3n) is 6.48. The number of benzene rings is 2. The van der Waals surface area contributed by atoms with E-state index in [4.69, 9.17) is 28.3 Å². The van der Waals surface area contributed by atoms with E-state index in [0.29, 0.717) is 16.1 Å². The largest absolute Gasteiger partial charge is 0.370 e. The van der Waals surface area contributed by atoms with Crippen LogP contribution in [0.25, 0.3) is 5.69 Å². The van der Waals surface area contributed by atoms with Crippen LogP contribution in [0.3, 0.4) is 0 Å². The highest BCUT2D eigenvalue weighted by molar-refractivity contribution is 6.43. The number of aromatic nitrogens is 2. The maximum Gasteiger partial charge on any atom is 0.133 e. The van der Waals surface area contributed by atoms with Crippen LogP contribution in [-0.4, -0.2) is 27.8 Å². The van der Waals surface area contributed by atoms with E-state index in [2.05, 4.69) is 40.5 Å². The van der Waals surface area contributed by atoms with Gasteiger partial charge in [-0.15, -0.1) is 0 Å². The van der Waals surface area contributed by atoms with E-state index in [1.807, 2.05) is 22.9 Å². The second-order valence-corrected chi connectivity index (χ2v) is 9.33. The van der Waals surface area contributed by atoms with Gasteiger partial charge in [0.1, 0.15) is 5.82 Å². The minimum atomic E-state index is 0.321. The van der Waals surface area contributed by atoms with Crippen molar-refractivity contribution >= 4 is 29.0 Å². The molecule has 1 fully saturated rings. The summed E-state index contributed by atoms with van der Waals surface area (Å²) in [4.78, 5) is 2.61. The molecule has 3 heterocycles. The normalized spacial score (nSPS) is 19.5. The summed E-state index contributed by atoms with van der Waals surface area (Å²) in [7, 11) is 0. The van der Waals surface area contributed by atoms with E-state index in [1.165, 1.54) is 36.1 Å². The van der Waals surface area contributed by atoms with Crippen molar-refractivity contribution in [1.82, 2.24) is 14.7 Å². The van der Waals surface area contributed by atoms with Crippen LogP contribution in [0.2, 0.25) is 10.0 Å². The molecule has 0 radical (unpaired) electrons. The Morgan fingerprint density at radius 3 is 2.71 bits per heavy atom. The van der Waals surface area contributed by atoms with Crippen molar-refractivity contribution in [2.24, 2.45) is 0 Å². The van der Waals surface area contributed by atoms with Gasteiger partial charge < -0.3 is 5.32 Å². The highest BCUT2D eigenvalue weighted by Gasteiger charge is 2.32. The lowest BCUT2D eigenvalue weighted by atomic mass is 9.94. The molecule has 1 saturated heterocycles. The molecular weight excluding hydrogens is 427 g/mol. The van der Waals surface area contributed by atoms with Crippen LogP contribution < -0.4 is 5.32 Å². The van der Waals surface area contributed by atoms with Crippen molar-refractivity contribution in [3.8, 4) is 5.69 Å². The van der Waals surface area contributed by atoms with E-state index in [9.17, 15) is 0 Å². The summed E-state index contributed by atoms with van der Waals surface area (Å²) < 4.78 is 2.00. The number of piperidine rings is 1. The highest BCUT2D eigenvalue weighted by atomic mass is 35.5. The number of nitrogens with one attached hydrogen (secondary N) is 1. The number of hydrogen-bond acceptors (Lipinski definition) is 3. The van der Waals surface area contributed by atoms with Gasteiger partial charge in [-0.25, -0.2) is 4.68 Å². The van der Waals surface area contributed by atoms with E-state index >= 15 is 0 Å². The third kappa shape index (κ3) is 4.21. The maximum absolute atomic E-state index is 6.61. The number of nitrogens with zero attached hydrogens (tertiary/aromatic N) is 3. The smallest absolute Gasteiger partial charge is 0.133 e. The zero-order valence-electron chi connectivity index (χ0n) is 17.7. The molecule has 2 aromatic carbocycles. The van der Waals surface area contributed by atoms with Gasteiger partial charge in [0.05, 0.1) is 27.5 Å². The molecule has 5 rings (SSSR count). The molecule has 1 unspecified atom stereocenters. The molecule has 1 atom stereocenters. The van der Waals surface area contributed by atoms with Crippen LogP contribution >= 0.6 is 23.2 Å². The second kappa shape index (κ2) is 9.23. The fourth-order valence-electron chi connectivity index (χ4n) is 4.93. The fourth-order valence-corrected chi connectivity index (χ4v) is 5.31. The van der Waals surface area contributed by atoms with Crippen molar-refractivity contribution in [3.05, 3.63) is 75.4 Å². The first-order chi connectivity index (χ1) is 15.2. The molecule has 0 amide bonds. The molecule has 0 spiro atoms. The predicted molar refractivity (Wildman–Crippen MR) is 128 cm³/mol. The van der Waals surface area contributed by atoms with Crippen molar-refractivity contribution in [2.45, 2.75) is 51.1 Å². The Bertz CT molecular complexity index is 1050. The maximum atomic E-state index is 6.61. The van der Waals surface area contributed by atoms with Gasteiger partial charge in [0, 0.05) is 18.7 Å². The second-order valence-electron chi connectivity index (χ2n) is 8.55. The Morgan fingerprint density at radius 1 is 0.968 bits per heavy atom. The van der Waals surface area contributed by atoms with Gasteiger partial charge in [0.2, 0.25) is 0 Å². The van der Waals surface area contributed by atoms with Crippen LogP contribution in [0.1, 0.15) is 55.0 Å². The average molecular weight is 455 g/mol. The Hall–Kier alpha value is -2.01. The molecule has 4 nitrogen and oxygen atoms in total. The molecule has 0 aliphatic carbocycles. The van der Waals surface area contributed by atoms with Crippen molar-refractivity contribution in [1.29, 1.82) is 0 Å². The Kier molecular flexibility index (Phi) is 6.22. The van der Waals surface area contributed by atoms with Crippen LogP contribution in [0.15, 0.2) is 48.5 Å². The third-order valence-corrected chi connectivity index (χ3v) is 7.29. The predicted octanol–water partition coefficient (Wildman–Crippen LogP) is 6.65. The van der Waals surface area contributed by atoms with Crippen LogP contribution in [0.4, 0.5) is 5.82 Å². The lowest BCUT2D eigenvalue weighted by Gasteiger charge is -2.35. The molecule has 1 N–H and O–H groups in total. The first-order valence-corrected chi connectivity index (χ1v) is 12.1. The quantitative estimate of drug-likeness (QED) is 0.478. The van der Waals surface area contributed by atoms with Gasteiger partial charge in [0.25, 0.3) is 0 Å². The number of hydrogen-bond donors (Lipinski definition) is 1. The van der Waals surface area contributed by atoms with E-state index in [-0.39, 0.29) is 0 Å². The summed E-state index contributed by atoms with van der Waals surface area (Å²) in [6.07, 6.45) is 7.00. The molecule has 1 aromatic heterocycles. The molecule has 31 heavy (non-hydrogen) atoms. The molecule has 3 aromatic rings. The minimum absolute atomic E-state index is 0.321. The highest BCUT2D eigenvalue weighted by Crippen LogP contribution is 2.40. The average Bonchev–Trinajstić information content (AvgIpc) is 2.97. The first-order valence-electron chi connectivity index (χ1n) is 11.3. The standard InChI is InChI=1S/C25H28Cl2N4/c26-20-12-8-14-21(23(20)27)31-25-19(11-4-6-15-28-25)24(29-31)22-13-5-7-16-30(22)17-18-9-2-1-3-10-18/h1-3,8-10,12,14,22,28H,4-7,11,13,15-17H2. The van der Waals surface area contributed by atoms with Gasteiger partial charge in [-0.05, 0) is 56.3 Å². The monoisotopic (exact) mass is 454 g/mol. The van der Waals surface area contributed by atoms with Gasteiger partial charge in [-0.1, -0.05) is 66.0 Å². The zero-order chi connectivity index (χ0) is 21.2. The van der Waals surface area contributed by atoms with Crippen molar-refractivity contribution in [2.75, 3.05) is 18.4 Å². The number of halogens is 2. The topological polar surface area (TPSA) is 33.1 Å². The lowest BCUT2D eigenvalue weighted by molar-refractivity contribution is 0.136. The number of anilines is 1. The molecule has 6 heteroatoms. The summed E-state index contributed by atoms with van der Waals surface area (Å²) >= 11 is 13.0. The summed E-state index contributed by atoms with van der Waals surface area (Å²) in [5.41, 5.74) is 4.75. The summed E-state index contributed by atoms with van der Waals surface area (Å²) in [5.74, 6) is 1.09. The van der Waals surface area contributed by atoms with Crippen LogP contribution in [0.5, 0.6) is 0 Å². The van der Waals surface area contributed by atoms with Crippen molar-refractivity contribution in [3.63, 3.8) is 0 Å². The lowest BCUT2D eigenvalue weighted by Crippen LogP contribution is -2.33. The van der Waals surface area contributed by atoms with Crippen LogP contribution in [-0.2, 0) is 13.0 Å². The van der Waals surface area contributed by atoms with E-state index in [1.54, 1.807) is 0 Å². The Balaban J connectivity index is 1.57. The summed E-state index contributed by atoms with van der Waals surface area (Å²) in [6.45, 7) is 3.01. The first kappa shape index (κ1) is 20.9. The van der Waals surface area contributed by atoms with E-state index < -0.39 is 0 Å². The zero-order valence-corrected chi connectivity index (χ0v) is 19.2. The summed E-state index contributed by atoms with van der Waals surface area (Å²) in [5, 5.41) is 9.94. The van der Waals surface area contributed by atoms with E-state index in [0.717, 1.165) is 50.4 Å². The van der Waals surface area contributed by atoms with Gasteiger partial charge in [-0.2, -0.15) is 5.10 Å². The molecule has 162 valence electrons. The summed E-state index contributed by atoms with van der Waals surface area (Å²) in [6, 6.07) is 16.9. The van der Waals surface area contributed by atoms with Gasteiger partial charge in [0.15, 0.2) is 0 Å².